The third-order valence-electron chi connectivity index (χ3n) is 5.24. The molecule has 190 valence electrons. The minimum absolute atomic E-state index is 0.0269. The normalized spacial score (nSPS) is 18.8. The third kappa shape index (κ3) is 8.19. The Kier molecular flexibility index (Phi) is 10.1. The highest BCUT2D eigenvalue weighted by atomic mass is 16.6. The van der Waals surface area contributed by atoms with Gasteiger partial charge in [-0.25, -0.2) is 0 Å². The number of rotatable bonds is 15. The van der Waals surface area contributed by atoms with Crippen molar-refractivity contribution in [2.45, 2.75) is 57.9 Å². The predicted molar refractivity (Wildman–Crippen MR) is 119 cm³/mol. The van der Waals surface area contributed by atoms with Crippen molar-refractivity contribution in [1.29, 1.82) is 0 Å². The molecule has 1 aliphatic rings. The number of nitrogens with one attached hydrogen (secondary N) is 3. The maximum absolute atomic E-state index is 12.7. The van der Waals surface area contributed by atoms with Crippen LogP contribution in [0, 0.1) is 5.92 Å². The summed E-state index contributed by atoms with van der Waals surface area (Å²) in [6, 6.07) is -0.390. The molecule has 1 unspecified atom stereocenters. The monoisotopic (exact) mass is 482 g/mol. The molecule has 1 aromatic heterocycles. The molecule has 0 bridgehead atoms. The van der Waals surface area contributed by atoms with E-state index in [1.165, 1.54) is 20.3 Å². The third-order valence-corrected chi connectivity index (χ3v) is 5.24. The zero-order valence-electron chi connectivity index (χ0n) is 20.3. The summed E-state index contributed by atoms with van der Waals surface area (Å²) in [5, 5.41) is 11.3. The summed E-state index contributed by atoms with van der Waals surface area (Å²) in [7, 11) is 2.84. The predicted octanol–water partition coefficient (Wildman–Crippen LogP) is -0.0390. The van der Waals surface area contributed by atoms with E-state index in [1.807, 2.05) is 13.8 Å². The summed E-state index contributed by atoms with van der Waals surface area (Å²) in [5.74, 6) is -1.28. The Morgan fingerprint density at radius 3 is 2.41 bits per heavy atom. The summed E-state index contributed by atoms with van der Waals surface area (Å²) < 4.78 is 20.1. The molecule has 12 heteroatoms. The van der Waals surface area contributed by atoms with Crippen LogP contribution in [0.5, 0.6) is 0 Å². The Labute approximate surface area is 198 Å². The SMILES string of the molecule is COCc1cc(C(=O)N[C@@H](COC)C(=O)NCC(=O)N[C@@H](CCC(C)C)C(=O)C2(C)CO2)no1. The van der Waals surface area contributed by atoms with Crippen LogP contribution in [0.15, 0.2) is 10.6 Å². The van der Waals surface area contributed by atoms with E-state index in [1.54, 1.807) is 6.92 Å². The summed E-state index contributed by atoms with van der Waals surface area (Å²) >= 11 is 0. The van der Waals surface area contributed by atoms with Gasteiger partial charge in [0.2, 0.25) is 11.8 Å². The first-order valence-corrected chi connectivity index (χ1v) is 11.1. The number of nitrogens with zero attached hydrogens (tertiary/aromatic N) is 1. The molecule has 0 aromatic carbocycles. The van der Waals surface area contributed by atoms with E-state index in [0.717, 1.165) is 6.42 Å². The van der Waals surface area contributed by atoms with Crippen molar-refractivity contribution in [3.63, 3.8) is 0 Å². The number of ether oxygens (including phenoxy) is 3. The van der Waals surface area contributed by atoms with Gasteiger partial charge in [0.05, 0.1) is 25.8 Å². The van der Waals surface area contributed by atoms with Crippen LogP contribution in [0.4, 0.5) is 0 Å². The topological polar surface area (TPSA) is 161 Å². The lowest BCUT2D eigenvalue weighted by Gasteiger charge is -2.21. The molecule has 1 aromatic rings. The van der Waals surface area contributed by atoms with Crippen LogP contribution in [0.3, 0.4) is 0 Å². The smallest absolute Gasteiger partial charge is 0.274 e. The Balaban J connectivity index is 1.90. The van der Waals surface area contributed by atoms with Gasteiger partial charge in [0.1, 0.15) is 18.2 Å². The molecule has 0 spiro atoms. The average Bonchev–Trinajstić information content (AvgIpc) is 3.36. The Bertz CT molecular complexity index is 865. The van der Waals surface area contributed by atoms with E-state index in [2.05, 4.69) is 21.1 Å². The van der Waals surface area contributed by atoms with Gasteiger partial charge in [-0.05, 0) is 25.7 Å². The average molecular weight is 483 g/mol. The number of methoxy groups -OCH3 is 2. The lowest BCUT2D eigenvalue weighted by Crippen LogP contribution is -2.53. The largest absolute Gasteiger partial charge is 0.382 e. The second-order valence-corrected chi connectivity index (χ2v) is 8.79. The fourth-order valence-corrected chi connectivity index (χ4v) is 3.14. The van der Waals surface area contributed by atoms with E-state index in [0.29, 0.717) is 24.7 Å². The van der Waals surface area contributed by atoms with Crippen molar-refractivity contribution in [2.24, 2.45) is 5.92 Å². The van der Waals surface area contributed by atoms with Gasteiger partial charge >= 0.3 is 0 Å². The fourth-order valence-electron chi connectivity index (χ4n) is 3.14. The van der Waals surface area contributed by atoms with Gasteiger partial charge in [-0.2, -0.15) is 0 Å². The number of ketones is 1. The molecule has 3 N–H and O–H groups in total. The molecule has 3 atom stereocenters. The zero-order chi connectivity index (χ0) is 25.3. The van der Waals surface area contributed by atoms with Crippen molar-refractivity contribution in [1.82, 2.24) is 21.1 Å². The molecule has 0 saturated carbocycles. The standard InChI is InChI=1S/C22H34N4O8/c1-13(2)6-7-15(19(28)22(3)12-33-22)24-18(27)9-23-20(29)17(11-32-5)25-21(30)16-8-14(10-31-4)34-26-16/h8,13,15,17H,6-7,9-12H2,1-5H3,(H,23,29)(H,24,27)(H,25,30)/t15-,17-,22?/m0/s1. The zero-order valence-corrected chi connectivity index (χ0v) is 20.3. The molecule has 3 amide bonds. The van der Waals surface area contributed by atoms with Crippen LogP contribution in [0.25, 0.3) is 0 Å². The highest BCUT2D eigenvalue weighted by molar-refractivity contribution is 5.98. The summed E-state index contributed by atoms with van der Waals surface area (Å²) in [6.07, 6.45) is 1.22. The molecule has 1 saturated heterocycles. The van der Waals surface area contributed by atoms with E-state index in [4.69, 9.17) is 18.7 Å². The number of carbonyl (C=O) groups is 4. The second kappa shape index (κ2) is 12.6. The van der Waals surface area contributed by atoms with E-state index in [9.17, 15) is 19.2 Å². The highest BCUT2D eigenvalue weighted by Crippen LogP contribution is 2.29. The van der Waals surface area contributed by atoms with Crippen molar-refractivity contribution in [3.8, 4) is 0 Å². The first-order valence-electron chi connectivity index (χ1n) is 11.1. The fraction of sp³-hybridized carbons (Fsp3) is 0.682. The Morgan fingerprint density at radius 2 is 1.82 bits per heavy atom. The molecule has 12 nitrogen and oxygen atoms in total. The van der Waals surface area contributed by atoms with E-state index < -0.39 is 35.4 Å². The van der Waals surface area contributed by atoms with Crippen molar-refractivity contribution in [2.75, 3.05) is 34.0 Å². The van der Waals surface area contributed by atoms with Gasteiger partial charge in [0.15, 0.2) is 17.2 Å². The number of epoxide rings is 1. The van der Waals surface area contributed by atoms with Crippen LogP contribution in [0.1, 0.15) is 49.9 Å². The number of aromatic nitrogens is 1. The molecule has 2 rings (SSSR count). The number of hydrogen-bond acceptors (Lipinski definition) is 9. The molecule has 1 aliphatic heterocycles. The molecule has 0 radical (unpaired) electrons. The first-order chi connectivity index (χ1) is 16.1. The van der Waals surface area contributed by atoms with Gasteiger partial charge in [-0.1, -0.05) is 19.0 Å². The van der Waals surface area contributed by atoms with Crippen LogP contribution in [-0.2, 0) is 35.2 Å². The van der Waals surface area contributed by atoms with Gasteiger partial charge in [0, 0.05) is 20.3 Å². The van der Waals surface area contributed by atoms with Gasteiger partial charge in [-0.15, -0.1) is 0 Å². The maximum Gasteiger partial charge on any atom is 0.274 e. The van der Waals surface area contributed by atoms with Gasteiger partial charge in [-0.3, -0.25) is 19.2 Å². The van der Waals surface area contributed by atoms with Crippen molar-refractivity contribution >= 4 is 23.5 Å². The van der Waals surface area contributed by atoms with Crippen LogP contribution >= 0.6 is 0 Å². The Hall–Kier alpha value is -2.83. The first kappa shape index (κ1) is 27.4. The molecular formula is C22H34N4O8. The van der Waals surface area contributed by atoms with Gasteiger partial charge in [0.25, 0.3) is 5.91 Å². The molecule has 34 heavy (non-hydrogen) atoms. The van der Waals surface area contributed by atoms with E-state index in [-0.39, 0.29) is 31.2 Å². The number of amides is 3. The quantitative estimate of drug-likeness (QED) is 0.291. The number of hydrogen-bond donors (Lipinski definition) is 3. The van der Waals surface area contributed by atoms with Crippen LogP contribution < -0.4 is 16.0 Å². The summed E-state index contributed by atoms with van der Waals surface area (Å²) in [5.41, 5.74) is -0.892. The highest BCUT2D eigenvalue weighted by Gasteiger charge is 2.49. The van der Waals surface area contributed by atoms with Gasteiger partial charge < -0.3 is 34.7 Å². The second-order valence-electron chi connectivity index (χ2n) is 8.79. The van der Waals surface area contributed by atoms with Crippen molar-refractivity contribution < 1.29 is 37.9 Å². The van der Waals surface area contributed by atoms with Crippen LogP contribution in [0.2, 0.25) is 0 Å². The van der Waals surface area contributed by atoms with Crippen molar-refractivity contribution in [3.05, 3.63) is 17.5 Å². The molecule has 0 aliphatic carbocycles. The molecule has 1 fully saturated rings. The Morgan fingerprint density at radius 1 is 1.12 bits per heavy atom. The minimum Gasteiger partial charge on any atom is -0.382 e. The lowest BCUT2D eigenvalue weighted by molar-refractivity contribution is -0.131. The summed E-state index contributed by atoms with van der Waals surface area (Å²) in [6.45, 7) is 5.71. The number of carbonyl (C=O) groups excluding carboxylic acids is 4. The van der Waals surface area contributed by atoms with Crippen LogP contribution in [-0.4, -0.2) is 80.3 Å². The minimum atomic E-state index is -1.08. The lowest BCUT2D eigenvalue weighted by atomic mass is 9.94. The molecular weight excluding hydrogens is 448 g/mol. The summed E-state index contributed by atoms with van der Waals surface area (Å²) in [4.78, 5) is 50.1. The van der Waals surface area contributed by atoms with E-state index >= 15 is 0 Å². The maximum atomic E-state index is 12.7. The molecule has 2 heterocycles. The number of Topliss-reactive ketones (excluding diaryl/α,β-unsaturated/α-hetero) is 1.